The Balaban J connectivity index is 1.85. The van der Waals surface area contributed by atoms with Crippen LogP contribution in [0, 0.1) is 17.0 Å². The summed E-state index contributed by atoms with van der Waals surface area (Å²) in [6.07, 6.45) is 1.36. The smallest absolute Gasteiger partial charge is 0.272 e. The highest BCUT2D eigenvalue weighted by molar-refractivity contribution is 5.84. The molecule has 0 aliphatic heterocycles. The number of hydrogen-bond acceptors (Lipinski definition) is 6. The van der Waals surface area contributed by atoms with Crippen LogP contribution in [0.25, 0.3) is 0 Å². The molecule has 2 aromatic carbocycles. The van der Waals surface area contributed by atoms with E-state index in [1.54, 1.807) is 50.4 Å². The van der Waals surface area contributed by atoms with E-state index < -0.39 is 4.92 Å². The van der Waals surface area contributed by atoms with Crippen LogP contribution in [-0.4, -0.2) is 30.7 Å². The van der Waals surface area contributed by atoms with Gasteiger partial charge in [0, 0.05) is 22.9 Å². The number of hydrazone groups is 1. The molecule has 0 aliphatic rings. The first kappa shape index (κ1) is 17.9. The molecule has 0 spiro atoms. The minimum absolute atomic E-state index is 0.0106. The van der Waals surface area contributed by atoms with Crippen molar-refractivity contribution in [3.05, 3.63) is 63.7 Å². The second kappa shape index (κ2) is 8.44. The highest BCUT2D eigenvalue weighted by Gasteiger charge is 2.10. The van der Waals surface area contributed by atoms with Crippen LogP contribution in [0.3, 0.4) is 0 Å². The largest absolute Gasteiger partial charge is 0.497 e. The van der Waals surface area contributed by atoms with Gasteiger partial charge in [-0.3, -0.25) is 14.9 Å². The first-order chi connectivity index (χ1) is 12.0. The van der Waals surface area contributed by atoms with Crippen molar-refractivity contribution in [1.82, 2.24) is 5.43 Å². The van der Waals surface area contributed by atoms with E-state index in [0.717, 1.165) is 11.4 Å². The number of anilines is 1. The maximum atomic E-state index is 11.7. The van der Waals surface area contributed by atoms with Crippen molar-refractivity contribution in [2.24, 2.45) is 5.10 Å². The summed E-state index contributed by atoms with van der Waals surface area (Å²) < 4.78 is 5.05. The van der Waals surface area contributed by atoms with Crippen LogP contribution in [0.5, 0.6) is 5.75 Å². The van der Waals surface area contributed by atoms with E-state index in [1.165, 1.54) is 12.3 Å². The summed E-state index contributed by atoms with van der Waals surface area (Å²) >= 11 is 0. The van der Waals surface area contributed by atoms with Crippen molar-refractivity contribution in [3.63, 3.8) is 0 Å². The topological polar surface area (TPSA) is 106 Å². The van der Waals surface area contributed by atoms with Crippen LogP contribution in [0.1, 0.15) is 11.1 Å². The van der Waals surface area contributed by atoms with Gasteiger partial charge in [0.05, 0.1) is 24.8 Å². The number of amides is 1. The highest BCUT2D eigenvalue weighted by atomic mass is 16.6. The van der Waals surface area contributed by atoms with Crippen LogP contribution in [0.2, 0.25) is 0 Å². The molecule has 8 nitrogen and oxygen atoms in total. The number of carbonyl (C=O) groups excluding carboxylic acids is 1. The lowest BCUT2D eigenvalue weighted by Gasteiger charge is -2.06. The van der Waals surface area contributed by atoms with Gasteiger partial charge in [0.2, 0.25) is 0 Å². The lowest BCUT2D eigenvalue weighted by Crippen LogP contribution is -2.25. The second-order valence-electron chi connectivity index (χ2n) is 5.18. The zero-order valence-electron chi connectivity index (χ0n) is 13.9. The number of methoxy groups -OCH3 is 1. The van der Waals surface area contributed by atoms with E-state index in [0.29, 0.717) is 11.1 Å². The van der Waals surface area contributed by atoms with Crippen LogP contribution >= 0.6 is 0 Å². The average molecular weight is 342 g/mol. The molecule has 0 aliphatic carbocycles. The Morgan fingerprint density at radius 2 is 2.00 bits per heavy atom. The number of nitrogens with one attached hydrogen (secondary N) is 2. The summed E-state index contributed by atoms with van der Waals surface area (Å²) in [5.41, 5.74) is 4.24. The standard InChI is InChI=1S/C17H18N4O4/c1-12-3-4-13(9-16(12)21(23)24)10-19-20-17(22)11-18-14-5-7-15(25-2)8-6-14/h3-10,18H,11H2,1-2H3,(H,20,22)/b19-10-. The molecule has 0 unspecified atom stereocenters. The number of aryl methyl sites for hydroxylation is 1. The maximum Gasteiger partial charge on any atom is 0.272 e. The van der Waals surface area contributed by atoms with Crippen molar-refractivity contribution in [2.75, 3.05) is 19.0 Å². The van der Waals surface area contributed by atoms with E-state index in [-0.39, 0.29) is 18.1 Å². The number of benzene rings is 2. The molecular formula is C17H18N4O4. The Bertz CT molecular complexity index is 788. The van der Waals surface area contributed by atoms with Crippen molar-refractivity contribution >= 4 is 23.5 Å². The molecule has 0 aromatic heterocycles. The van der Waals surface area contributed by atoms with E-state index >= 15 is 0 Å². The Morgan fingerprint density at radius 1 is 1.28 bits per heavy atom. The first-order valence-electron chi connectivity index (χ1n) is 7.44. The molecule has 2 N–H and O–H groups in total. The lowest BCUT2D eigenvalue weighted by molar-refractivity contribution is -0.385. The summed E-state index contributed by atoms with van der Waals surface area (Å²) in [6, 6.07) is 11.9. The van der Waals surface area contributed by atoms with Gasteiger partial charge in [-0.15, -0.1) is 0 Å². The lowest BCUT2D eigenvalue weighted by atomic mass is 10.1. The van der Waals surface area contributed by atoms with Gasteiger partial charge in [-0.2, -0.15) is 5.10 Å². The molecule has 1 amide bonds. The molecule has 25 heavy (non-hydrogen) atoms. The Kier molecular flexibility index (Phi) is 6.05. The van der Waals surface area contributed by atoms with Gasteiger partial charge in [-0.25, -0.2) is 5.43 Å². The maximum absolute atomic E-state index is 11.7. The summed E-state index contributed by atoms with van der Waals surface area (Å²) in [5.74, 6) is 0.389. The summed E-state index contributed by atoms with van der Waals surface area (Å²) in [6.45, 7) is 1.70. The molecule has 2 rings (SSSR count). The predicted octanol–water partition coefficient (Wildman–Crippen LogP) is 2.47. The summed E-state index contributed by atoms with van der Waals surface area (Å²) in [4.78, 5) is 22.2. The van der Waals surface area contributed by atoms with Gasteiger partial charge in [0.1, 0.15) is 5.75 Å². The summed E-state index contributed by atoms with van der Waals surface area (Å²) in [7, 11) is 1.58. The second-order valence-corrected chi connectivity index (χ2v) is 5.18. The molecular weight excluding hydrogens is 324 g/mol. The Hall–Kier alpha value is -3.42. The van der Waals surface area contributed by atoms with Crippen LogP contribution in [0.4, 0.5) is 11.4 Å². The van der Waals surface area contributed by atoms with Crippen molar-refractivity contribution in [2.45, 2.75) is 6.92 Å². The van der Waals surface area contributed by atoms with Crippen LogP contribution < -0.4 is 15.5 Å². The van der Waals surface area contributed by atoms with E-state index in [9.17, 15) is 14.9 Å². The third kappa shape index (κ3) is 5.31. The minimum atomic E-state index is -0.454. The number of nitrogens with zero attached hydrogens (tertiary/aromatic N) is 2. The fraction of sp³-hybridized carbons (Fsp3) is 0.176. The number of nitro groups is 1. The van der Waals surface area contributed by atoms with E-state index in [2.05, 4.69) is 15.8 Å². The zero-order chi connectivity index (χ0) is 18.2. The molecule has 2 aromatic rings. The Labute approximate surface area is 144 Å². The van der Waals surface area contributed by atoms with Crippen molar-refractivity contribution in [1.29, 1.82) is 0 Å². The van der Waals surface area contributed by atoms with Gasteiger partial charge in [-0.05, 0) is 31.2 Å². The first-order valence-corrected chi connectivity index (χ1v) is 7.44. The molecule has 0 atom stereocenters. The quantitative estimate of drug-likeness (QED) is 0.457. The van der Waals surface area contributed by atoms with Gasteiger partial charge in [0.15, 0.2) is 0 Å². The van der Waals surface area contributed by atoms with Gasteiger partial charge >= 0.3 is 0 Å². The third-order valence-corrected chi connectivity index (χ3v) is 3.38. The zero-order valence-corrected chi connectivity index (χ0v) is 13.9. The average Bonchev–Trinajstić information content (AvgIpc) is 2.61. The molecule has 0 saturated heterocycles. The van der Waals surface area contributed by atoms with Crippen LogP contribution in [-0.2, 0) is 4.79 Å². The fourth-order valence-corrected chi connectivity index (χ4v) is 2.01. The SMILES string of the molecule is COc1ccc(NCC(=O)N/N=C\c2ccc(C)c([N+](=O)[O-])c2)cc1. The van der Waals surface area contributed by atoms with Crippen LogP contribution in [0.15, 0.2) is 47.6 Å². The van der Waals surface area contributed by atoms with Gasteiger partial charge in [0.25, 0.3) is 11.6 Å². The molecule has 0 bridgehead atoms. The number of carbonyl (C=O) groups is 1. The molecule has 130 valence electrons. The minimum Gasteiger partial charge on any atom is -0.497 e. The number of nitro benzene ring substituents is 1. The predicted molar refractivity (Wildman–Crippen MR) is 95.1 cm³/mol. The summed E-state index contributed by atoms with van der Waals surface area (Å²) in [5, 5.41) is 17.6. The highest BCUT2D eigenvalue weighted by Crippen LogP contribution is 2.18. The van der Waals surface area contributed by atoms with Crippen molar-refractivity contribution < 1.29 is 14.5 Å². The third-order valence-electron chi connectivity index (χ3n) is 3.38. The van der Waals surface area contributed by atoms with Gasteiger partial charge in [-0.1, -0.05) is 12.1 Å². The van der Waals surface area contributed by atoms with E-state index in [4.69, 9.17) is 4.74 Å². The Morgan fingerprint density at radius 3 is 2.64 bits per heavy atom. The fourth-order valence-electron chi connectivity index (χ4n) is 2.01. The molecule has 8 heteroatoms. The monoisotopic (exact) mass is 342 g/mol. The molecule has 0 heterocycles. The number of hydrogen-bond donors (Lipinski definition) is 2. The number of ether oxygens (including phenoxy) is 1. The normalized spacial score (nSPS) is 10.5. The molecule has 0 saturated carbocycles. The molecule has 0 radical (unpaired) electrons. The molecule has 0 fully saturated rings. The number of rotatable bonds is 7. The van der Waals surface area contributed by atoms with Gasteiger partial charge < -0.3 is 10.1 Å². The van der Waals surface area contributed by atoms with Crippen molar-refractivity contribution in [3.8, 4) is 5.75 Å². The van der Waals surface area contributed by atoms with E-state index in [1.807, 2.05) is 0 Å².